The van der Waals surface area contributed by atoms with Gasteiger partial charge in [0, 0.05) is 0 Å². The topological polar surface area (TPSA) is 126 Å². The van der Waals surface area contributed by atoms with Crippen LogP contribution in [-0.4, -0.2) is 59.8 Å². The predicted molar refractivity (Wildman–Crippen MR) is 96.8 cm³/mol. The van der Waals surface area contributed by atoms with E-state index in [2.05, 4.69) is 20.3 Å². The van der Waals surface area contributed by atoms with Gasteiger partial charge in [-0.3, -0.25) is 4.57 Å². The van der Waals surface area contributed by atoms with Gasteiger partial charge in [0.2, 0.25) is 0 Å². The van der Waals surface area contributed by atoms with E-state index in [4.69, 9.17) is 4.74 Å². The van der Waals surface area contributed by atoms with Gasteiger partial charge >= 0.3 is 0 Å². The second-order valence-electron chi connectivity index (χ2n) is 6.55. The lowest BCUT2D eigenvalue weighted by atomic mass is 10.1. The number of ether oxygens (including phenoxy) is 1. The Morgan fingerprint density at radius 3 is 2.63 bits per heavy atom. The highest BCUT2D eigenvalue weighted by Gasteiger charge is 2.44. The van der Waals surface area contributed by atoms with Gasteiger partial charge in [-0.1, -0.05) is 30.3 Å². The number of hydrogen-bond donors (Lipinski definition) is 4. The maximum absolute atomic E-state index is 10.3. The number of benzene rings is 1. The highest BCUT2D eigenvalue weighted by molar-refractivity contribution is 5.82. The van der Waals surface area contributed by atoms with Gasteiger partial charge in [0.15, 0.2) is 23.2 Å². The zero-order valence-electron chi connectivity index (χ0n) is 14.7. The quantitative estimate of drug-likeness (QED) is 0.514. The van der Waals surface area contributed by atoms with Crippen LogP contribution in [0.4, 0.5) is 5.82 Å². The van der Waals surface area contributed by atoms with Crippen molar-refractivity contribution in [2.24, 2.45) is 0 Å². The van der Waals surface area contributed by atoms with E-state index < -0.39 is 31.1 Å². The number of anilines is 1. The van der Waals surface area contributed by atoms with Crippen LogP contribution >= 0.6 is 0 Å². The van der Waals surface area contributed by atoms with Crippen LogP contribution in [0, 0.1) is 0 Å². The number of fused-ring (bicyclic) bond motifs is 1. The lowest BCUT2D eigenvalue weighted by molar-refractivity contribution is -0.0511. The molecule has 9 heteroatoms. The molecule has 3 aromatic rings. The van der Waals surface area contributed by atoms with Crippen LogP contribution in [0.15, 0.2) is 43.0 Å². The number of aliphatic hydroxyl groups excluding tert-OH is 3. The van der Waals surface area contributed by atoms with E-state index in [0.29, 0.717) is 17.0 Å². The van der Waals surface area contributed by atoms with Crippen molar-refractivity contribution in [2.45, 2.75) is 37.5 Å². The SMILES string of the molecule is CC(Nc1ncnc2c1ncn2[C@@H]1O[C@H](CO)C(O)[C@@H]1O)c1ccccc1. The van der Waals surface area contributed by atoms with Crippen LogP contribution in [0.2, 0.25) is 0 Å². The van der Waals surface area contributed by atoms with Gasteiger partial charge in [0.1, 0.15) is 24.6 Å². The number of nitrogens with one attached hydrogen (secondary N) is 1. The van der Waals surface area contributed by atoms with E-state index in [9.17, 15) is 15.3 Å². The molecule has 142 valence electrons. The van der Waals surface area contributed by atoms with E-state index in [-0.39, 0.29) is 6.04 Å². The lowest BCUT2D eigenvalue weighted by Gasteiger charge is -2.17. The first kappa shape index (κ1) is 17.8. The van der Waals surface area contributed by atoms with E-state index in [1.807, 2.05) is 37.3 Å². The summed E-state index contributed by atoms with van der Waals surface area (Å²) in [6.45, 7) is 1.63. The average molecular weight is 371 g/mol. The van der Waals surface area contributed by atoms with Crippen molar-refractivity contribution in [3.05, 3.63) is 48.5 Å². The van der Waals surface area contributed by atoms with Gasteiger partial charge in [-0.15, -0.1) is 0 Å². The van der Waals surface area contributed by atoms with Gasteiger partial charge in [0.25, 0.3) is 0 Å². The molecule has 1 aromatic carbocycles. The van der Waals surface area contributed by atoms with Crippen LogP contribution in [-0.2, 0) is 4.74 Å². The van der Waals surface area contributed by atoms with Gasteiger partial charge in [-0.2, -0.15) is 0 Å². The highest BCUT2D eigenvalue weighted by atomic mass is 16.6. The molecule has 27 heavy (non-hydrogen) atoms. The van der Waals surface area contributed by atoms with Gasteiger partial charge < -0.3 is 25.4 Å². The Hall–Kier alpha value is -2.59. The molecule has 0 spiro atoms. The van der Waals surface area contributed by atoms with Gasteiger partial charge in [0.05, 0.1) is 19.0 Å². The third-order valence-corrected chi connectivity index (χ3v) is 4.80. The number of nitrogens with zero attached hydrogens (tertiary/aromatic N) is 4. The number of rotatable bonds is 5. The fraction of sp³-hybridized carbons (Fsp3) is 0.389. The van der Waals surface area contributed by atoms with Crippen molar-refractivity contribution in [3.8, 4) is 0 Å². The standard InChI is InChI=1S/C18H21N5O4/c1-10(11-5-3-2-4-6-11)22-16-13-17(20-8-19-16)23(9-21-13)18-15(26)14(25)12(7-24)27-18/h2-6,8-10,12,14-15,18,24-26H,7H2,1H3,(H,19,20,22)/t10?,12-,14?,15+,18-/m1/s1. The zero-order chi connectivity index (χ0) is 19.0. The molecule has 0 radical (unpaired) electrons. The van der Waals surface area contributed by atoms with Crippen LogP contribution in [0.5, 0.6) is 0 Å². The normalized spacial score (nSPS) is 26.4. The molecule has 4 rings (SSSR count). The molecule has 1 saturated heterocycles. The van der Waals surface area contributed by atoms with Crippen molar-refractivity contribution in [1.82, 2.24) is 19.5 Å². The van der Waals surface area contributed by atoms with E-state index in [0.717, 1.165) is 5.56 Å². The van der Waals surface area contributed by atoms with Crippen LogP contribution < -0.4 is 5.32 Å². The molecule has 4 N–H and O–H groups in total. The first-order valence-corrected chi connectivity index (χ1v) is 8.71. The molecule has 1 fully saturated rings. The summed E-state index contributed by atoms with van der Waals surface area (Å²) in [5, 5.41) is 32.8. The van der Waals surface area contributed by atoms with Crippen molar-refractivity contribution in [2.75, 3.05) is 11.9 Å². The Morgan fingerprint density at radius 2 is 1.93 bits per heavy atom. The lowest BCUT2D eigenvalue weighted by Crippen LogP contribution is -2.33. The number of imidazole rings is 1. The molecular formula is C18H21N5O4. The summed E-state index contributed by atoms with van der Waals surface area (Å²) in [6, 6.07) is 9.95. The Balaban J connectivity index is 1.64. The van der Waals surface area contributed by atoms with Crippen LogP contribution in [0.1, 0.15) is 24.8 Å². The summed E-state index contributed by atoms with van der Waals surface area (Å²) >= 11 is 0. The second-order valence-corrected chi connectivity index (χ2v) is 6.55. The maximum atomic E-state index is 10.3. The summed E-state index contributed by atoms with van der Waals surface area (Å²) in [6.07, 6.45) is -1.25. The summed E-state index contributed by atoms with van der Waals surface area (Å²) in [4.78, 5) is 12.9. The number of hydrogen-bond acceptors (Lipinski definition) is 8. The van der Waals surface area contributed by atoms with E-state index in [1.165, 1.54) is 12.7 Å². The molecule has 2 unspecified atom stereocenters. The number of aliphatic hydroxyl groups is 3. The first-order chi connectivity index (χ1) is 13.1. The molecule has 0 aliphatic carbocycles. The fourth-order valence-corrected chi connectivity index (χ4v) is 3.28. The maximum Gasteiger partial charge on any atom is 0.167 e. The number of aromatic nitrogens is 4. The summed E-state index contributed by atoms with van der Waals surface area (Å²) in [7, 11) is 0. The third kappa shape index (κ3) is 3.15. The van der Waals surface area contributed by atoms with Crippen molar-refractivity contribution < 1.29 is 20.1 Å². The summed E-state index contributed by atoms with van der Waals surface area (Å²) in [5.74, 6) is 0.557. The molecule has 3 heterocycles. The third-order valence-electron chi connectivity index (χ3n) is 4.80. The molecule has 1 aliphatic rings. The minimum absolute atomic E-state index is 0.00311. The second kappa shape index (κ2) is 7.20. The van der Waals surface area contributed by atoms with Crippen molar-refractivity contribution >= 4 is 17.0 Å². The molecule has 9 nitrogen and oxygen atoms in total. The Labute approximate surface area is 155 Å². The van der Waals surface area contributed by atoms with Gasteiger partial charge in [-0.05, 0) is 12.5 Å². The van der Waals surface area contributed by atoms with Crippen LogP contribution in [0.3, 0.4) is 0 Å². The molecule has 0 saturated carbocycles. The van der Waals surface area contributed by atoms with Crippen molar-refractivity contribution in [3.63, 3.8) is 0 Å². The Bertz CT molecular complexity index is 919. The average Bonchev–Trinajstić information content (AvgIpc) is 3.25. The highest BCUT2D eigenvalue weighted by Crippen LogP contribution is 2.32. The van der Waals surface area contributed by atoms with Crippen LogP contribution in [0.25, 0.3) is 11.2 Å². The van der Waals surface area contributed by atoms with E-state index in [1.54, 1.807) is 4.57 Å². The molecule has 1 aliphatic heterocycles. The van der Waals surface area contributed by atoms with E-state index >= 15 is 0 Å². The van der Waals surface area contributed by atoms with Crippen molar-refractivity contribution in [1.29, 1.82) is 0 Å². The molecule has 0 bridgehead atoms. The molecular weight excluding hydrogens is 350 g/mol. The fourth-order valence-electron chi connectivity index (χ4n) is 3.28. The summed E-state index contributed by atoms with van der Waals surface area (Å²) < 4.78 is 7.11. The zero-order valence-corrected chi connectivity index (χ0v) is 14.7. The van der Waals surface area contributed by atoms with Gasteiger partial charge in [-0.25, -0.2) is 15.0 Å². The predicted octanol–water partition coefficient (Wildman–Crippen LogP) is 0.611. The molecule has 0 amide bonds. The summed E-state index contributed by atoms with van der Waals surface area (Å²) in [5.41, 5.74) is 2.09. The molecule has 5 atom stereocenters. The minimum atomic E-state index is -1.20. The molecule has 2 aromatic heterocycles. The first-order valence-electron chi connectivity index (χ1n) is 8.71. The smallest absolute Gasteiger partial charge is 0.167 e. The Morgan fingerprint density at radius 1 is 1.15 bits per heavy atom. The largest absolute Gasteiger partial charge is 0.394 e. The Kier molecular flexibility index (Phi) is 4.75. The minimum Gasteiger partial charge on any atom is -0.394 e. The monoisotopic (exact) mass is 371 g/mol.